The van der Waals surface area contributed by atoms with Gasteiger partial charge in [0.1, 0.15) is 5.76 Å². The lowest BCUT2D eigenvalue weighted by atomic mass is 9.65. The van der Waals surface area contributed by atoms with E-state index in [0.717, 1.165) is 34.9 Å². The number of aromatic amines is 1. The summed E-state index contributed by atoms with van der Waals surface area (Å²) < 4.78 is 46.6. The fourth-order valence-electron chi connectivity index (χ4n) is 7.94. The van der Waals surface area contributed by atoms with Crippen molar-refractivity contribution in [2.45, 2.75) is 87.7 Å². The minimum absolute atomic E-state index is 0.0191. The minimum atomic E-state index is -4.59. The van der Waals surface area contributed by atoms with Gasteiger partial charge in [0.15, 0.2) is 11.6 Å². The Hall–Kier alpha value is -4.23. The Bertz CT molecular complexity index is 2190. The second-order valence-electron chi connectivity index (χ2n) is 14.6. The van der Waals surface area contributed by atoms with E-state index in [2.05, 4.69) is 40.1 Å². The number of thioether (sulfide) groups is 1. The van der Waals surface area contributed by atoms with E-state index in [1.807, 2.05) is 24.3 Å². The van der Waals surface area contributed by atoms with Crippen LogP contribution in [0.5, 0.6) is 0 Å². The van der Waals surface area contributed by atoms with Crippen molar-refractivity contribution in [2.24, 2.45) is 5.41 Å². The van der Waals surface area contributed by atoms with Crippen LogP contribution in [0.25, 0.3) is 22.7 Å². The summed E-state index contributed by atoms with van der Waals surface area (Å²) in [6.45, 7) is 4.15. The van der Waals surface area contributed by atoms with Crippen molar-refractivity contribution in [3.8, 4) is 22.7 Å². The van der Waals surface area contributed by atoms with Gasteiger partial charge >= 0.3 is 6.18 Å². The molecule has 1 fully saturated rings. The number of H-pyrrole nitrogens is 1. The molecule has 3 aliphatic rings. The number of benzene rings is 2. The molecule has 5 aromatic rings. The monoisotopic (exact) mass is 776 g/mol. The van der Waals surface area contributed by atoms with E-state index >= 15 is 0 Å². The molecular weight excluding hydrogens is 737 g/mol. The molecule has 0 aliphatic heterocycles. The molecule has 4 atom stereocenters. The van der Waals surface area contributed by atoms with Gasteiger partial charge in [0.2, 0.25) is 10.9 Å². The van der Waals surface area contributed by atoms with Gasteiger partial charge in [-0.1, -0.05) is 54.1 Å². The third-order valence-corrected chi connectivity index (χ3v) is 12.6. The zero-order valence-corrected chi connectivity index (χ0v) is 31.4. The number of furan rings is 1. The maximum absolute atomic E-state index is 14.5. The molecule has 2 aromatic carbocycles. The highest BCUT2D eigenvalue weighted by atomic mass is 35.5. The number of rotatable bonds is 7. The molecule has 3 N–H and O–H groups in total. The Morgan fingerprint density at radius 2 is 1.87 bits per heavy atom. The van der Waals surface area contributed by atoms with Crippen LogP contribution in [0.15, 0.2) is 94.3 Å². The predicted octanol–water partition coefficient (Wildman–Crippen LogP) is 9.86. The first-order valence-electron chi connectivity index (χ1n) is 17.9. The number of aromatic nitrogens is 4. The van der Waals surface area contributed by atoms with E-state index in [1.54, 1.807) is 18.5 Å². The third kappa shape index (κ3) is 7.66. The average molecular weight is 777 g/mol. The number of carbonyl (C=O) groups is 1. The van der Waals surface area contributed by atoms with Crippen LogP contribution in [-0.2, 0) is 12.6 Å². The van der Waals surface area contributed by atoms with E-state index in [4.69, 9.17) is 16.0 Å². The van der Waals surface area contributed by atoms with Crippen LogP contribution in [0.2, 0.25) is 5.02 Å². The van der Waals surface area contributed by atoms with Crippen molar-refractivity contribution in [2.75, 3.05) is 5.75 Å². The lowest BCUT2D eigenvalue weighted by molar-refractivity contribution is -0.137. The molecule has 2 bridgehead atoms. The lowest BCUT2D eigenvalue weighted by Crippen LogP contribution is -2.46. The zero-order chi connectivity index (χ0) is 38.3. The van der Waals surface area contributed by atoms with Gasteiger partial charge in [-0.05, 0) is 117 Å². The van der Waals surface area contributed by atoms with E-state index < -0.39 is 34.6 Å². The number of pyridine rings is 1. The van der Waals surface area contributed by atoms with Gasteiger partial charge in [0.05, 0.1) is 22.3 Å². The molecule has 282 valence electrons. The van der Waals surface area contributed by atoms with Crippen molar-refractivity contribution < 1.29 is 32.6 Å². The summed E-state index contributed by atoms with van der Waals surface area (Å²) in [5, 5.41) is 31.5. The molecule has 3 aromatic heterocycles. The number of nitrogens with one attached hydrogen (secondary N) is 1. The molecule has 54 heavy (non-hydrogen) atoms. The Labute approximate surface area is 320 Å². The Kier molecular flexibility index (Phi) is 10.7. The maximum Gasteiger partial charge on any atom is 0.416 e. The molecule has 0 saturated heterocycles. The van der Waals surface area contributed by atoms with Gasteiger partial charge < -0.3 is 14.6 Å². The molecule has 0 spiro atoms. The standard InChI is InChI=1S/C41H40ClF3N4O4S/c1-24-4-3-16-39(2)32(13-17-40(39,52)23-54-38-47-37(48-49-38)26-14-18-46-19-15-26)29-9-6-25(20-28(50)8-5-24)21-30(29)36(51)35-12-11-34(53-35)31-22-27(41(43,44)45)7-10-33(31)42/h4,6-7,9-12,14-15,18-19,21-22,28,32,50,52H,3,5,8,13,16-17,20,23H2,1-2H3,(H,47,48,49). The molecule has 3 heterocycles. The third-order valence-electron chi connectivity index (χ3n) is 11.2. The smallest absolute Gasteiger partial charge is 0.416 e. The normalized spacial score (nSPS) is 23.5. The first-order chi connectivity index (χ1) is 25.7. The zero-order valence-electron chi connectivity index (χ0n) is 29.8. The largest absolute Gasteiger partial charge is 0.453 e. The Morgan fingerprint density at radius 3 is 2.65 bits per heavy atom. The predicted molar refractivity (Wildman–Crippen MR) is 201 cm³/mol. The molecule has 0 radical (unpaired) electrons. The van der Waals surface area contributed by atoms with E-state index in [0.29, 0.717) is 67.2 Å². The van der Waals surface area contributed by atoms with Crippen LogP contribution in [0.1, 0.15) is 91.1 Å². The van der Waals surface area contributed by atoms with Gasteiger partial charge in [-0.25, -0.2) is 4.98 Å². The maximum atomic E-state index is 14.5. The minimum Gasteiger partial charge on any atom is -0.453 e. The number of carbonyl (C=O) groups excluding carboxylic acids is 1. The number of nitrogens with zero attached hydrogens (tertiary/aromatic N) is 3. The van der Waals surface area contributed by atoms with E-state index in [9.17, 15) is 28.2 Å². The van der Waals surface area contributed by atoms with E-state index in [-0.39, 0.29) is 28.0 Å². The summed E-state index contributed by atoms with van der Waals surface area (Å²) in [4.78, 5) is 23.2. The number of aliphatic hydroxyl groups excluding tert-OH is 1. The van der Waals surface area contributed by atoms with Crippen LogP contribution in [0.4, 0.5) is 13.2 Å². The van der Waals surface area contributed by atoms with E-state index in [1.165, 1.54) is 29.5 Å². The van der Waals surface area contributed by atoms with Crippen molar-refractivity contribution in [3.63, 3.8) is 0 Å². The average Bonchev–Trinajstić information content (AvgIpc) is 3.89. The molecule has 0 amide bonds. The van der Waals surface area contributed by atoms with Crippen molar-refractivity contribution >= 4 is 29.1 Å². The van der Waals surface area contributed by atoms with Gasteiger partial charge in [0, 0.05) is 40.3 Å². The topological polar surface area (TPSA) is 125 Å². The number of allylic oxidation sites excluding steroid dienone is 2. The highest BCUT2D eigenvalue weighted by molar-refractivity contribution is 7.99. The molecule has 1 saturated carbocycles. The van der Waals surface area contributed by atoms with Crippen LogP contribution >= 0.6 is 23.4 Å². The van der Waals surface area contributed by atoms with Gasteiger partial charge in [0.25, 0.3) is 0 Å². The van der Waals surface area contributed by atoms with Gasteiger partial charge in [-0.2, -0.15) is 13.2 Å². The summed E-state index contributed by atoms with van der Waals surface area (Å²) in [6, 6.07) is 15.2. The van der Waals surface area contributed by atoms with Crippen LogP contribution in [0.3, 0.4) is 0 Å². The molecule has 8 nitrogen and oxygen atoms in total. The summed E-state index contributed by atoms with van der Waals surface area (Å²) in [6.07, 6.45) is 4.29. The molecule has 13 heteroatoms. The van der Waals surface area contributed by atoms with Crippen molar-refractivity contribution in [3.05, 3.63) is 118 Å². The number of ketones is 1. The molecular formula is C41H40ClF3N4O4S. The number of aliphatic hydroxyl groups is 2. The van der Waals surface area contributed by atoms with Gasteiger partial charge in [-0.3, -0.25) is 14.9 Å². The number of hydrogen-bond donors (Lipinski definition) is 3. The SMILES string of the molecule is CC1=CCCC2(C)C(CCC2(O)CSc2n[nH]c(-c3ccncc3)n2)c2ccc(cc2C(=O)c2ccc(-c3cc(C(F)(F)F)ccc3Cl)o2)CC(O)CC1. The Balaban J connectivity index is 1.24. The fourth-order valence-corrected chi connectivity index (χ4v) is 9.25. The lowest BCUT2D eigenvalue weighted by Gasteiger charge is -2.44. The number of alkyl halides is 3. The van der Waals surface area contributed by atoms with Gasteiger partial charge in [-0.15, -0.1) is 5.10 Å². The fraction of sp³-hybridized carbons (Fsp3) is 0.366. The van der Waals surface area contributed by atoms with Crippen LogP contribution < -0.4 is 0 Å². The highest BCUT2D eigenvalue weighted by Crippen LogP contribution is 2.59. The van der Waals surface area contributed by atoms with Crippen LogP contribution in [0, 0.1) is 5.41 Å². The summed E-state index contributed by atoms with van der Waals surface area (Å²) in [5.74, 6) is 0.203. The first-order valence-corrected chi connectivity index (χ1v) is 19.3. The molecule has 4 unspecified atom stereocenters. The number of fused-ring (bicyclic) bond motifs is 8. The number of halogens is 4. The number of hydrogen-bond acceptors (Lipinski definition) is 8. The highest BCUT2D eigenvalue weighted by Gasteiger charge is 2.57. The van der Waals surface area contributed by atoms with Crippen LogP contribution in [-0.4, -0.2) is 53.6 Å². The Morgan fingerprint density at radius 1 is 1.07 bits per heavy atom. The second-order valence-corrected chi connectivity index (χ2v) is 16.0. The summed E-state index contributed by atoms with van der Waals surface area (Å²) >= 11 is 7.69. The summed E-state index contributed by atoms with van der Waals surface area (Å²) in [5.41, 5.74) is 1.17. The molecule has 3 aliphatic carbocycles. The summed E-state index contributed by atoms with van der Waals surface area (Å²) in [7, 11) is 0. The van der Waals surface area contributed by atoms with Crippen molar-refractivity contribution in [1.82, 2.24) is 20.2 Å². The quantitative estimate of drug-likeness (QED) is 0.0848. The second kappa shape index (κ2) is 15.1. The first kappa shape index (κ1) is 38.1. The van der Waals surface area contributed by atoms with Crippen molar-refractivity contribution in [1.29, 1.82) is 0 Å². The molecule has 8 rings (SSSR count).